The molecule has 0 radical (unpaired) electrons. The molecule has 2 amide bonds. The maximum absolute atomic E-state index is 12.5. The molecule has 1 N–H and O–H groups in total. The fraction of sp³-hybridized carbons (Fsp3) is 0.550. The van der Waals surface area contributed by atoms with E-state index >= 15 is 0 Å². The van der Waals surface area contributed by atoms with E-state index in [1.165, 1.54) is 12.8 Å². The zero-order valence-corrected chi connectivity index (χ0v) is 14.7. The molecule has 0 spiro atoms. The fourth-order valence-corrected chi connectivity index (χ4v) is 3.58. The third kappa shape index (κ3) is 4.15. The smallest absolute Gasteiger partial charge is 0.317 e. The molecule has 5 nitrogen and oxygen atoms in total. The van der Waals surface area contributed by atoms with E-state index in [-0.39, 0.29) is 6.03 Å². The quantitative estimate of drug-likeness (QED) is 0.809. The van der Waals surface area contributed by atoms with E-state index in [9.17, 15) is 4.79 Å². The first-order valence-corrected chi connectivity index (χ1v) is 9.42. The summed E-state index contributed by atoms with van der Waals surface area (Å²) in [6.07, 6.45) is 8.04. The van der Waals surface area contributed by atoms with Gasteiger partial charge in [0.05, 0.1) is 6.61 Å². The molecule has 1 atom stereocenters. The number of likely N-dealkylation sites (tertiary alicyclic amines) is 1. The van der Waals surface area contributed by atoms with E-state index in [4.69, 9.17) is 4.74 Å². The predicted octanol–water partition coefficient (Wildman–Crippen LogP) is 2.63. The molecule has 1 aromatic carbocycles. The van der Waals surface area contributed by atoms with Crippen molar-refractivity contribution in [3.63, 3.8) is 0 Å². The average Bonchev–Trinajstić information content (AvgIpc) is 3.11. The van der Waals surface area contributed by atoms with Crippen LogP contribution in [0.25, 0.3) is 0 Å². The first kappa shape index (κ1) is 16.5. The molecule has 2 heterocycles. The number of carbonyl (C=O) groups excluding carboxylic acids is 1. The Kier molecular flexibility index (Phi) is 4.92. The summed E-state index contributed by atoms with van der Waals surface area (Å²) in [5.41, 5.74) is 1.05. The van der Waals surface area contributed by atoms with Crippen LogP contribution in [0.2, 0.25) is 0 Å². The van der Waals surface area contributed by atoms with Crippen LogP contribution in [0.15, 0.2) is 36.4 Å². The van der Waals surface area contributed by atoms with E-state index < -0.39 is 0 Å². The molecule has 4 rings (SSSR count). The molecule has 2 fully saturated rings. The van der Waals surface area contributed by atoms with Crippen molar-refractivity contribution in [3.05, 3.63) is 42.0 Å². The summed E-state index contributed by atoms with van der Waals surface area (Å²) in [6.45, 7) is 5.02. The van der Waals surface area contributed by atoms with Gasteiger partial charge in [-0.2, -0.15) is 0 Å². The average molecular weight is 341 g/mol. The van der Waals surface area contributed by atoms with Crippen molar-refractivity contribution in [2.75, 3.05) is 32.8 Å². The summed E-state index contributed by atoms with van der Waals surface area (Å²) in [5, 5.41) is 3.07. The second-order valence-corrected chi connectivity index (χ2v) is 7.33. The monoisotopic (exact) mass is 341 g/mol. The Bertz CT molecular complexity index is 634. The molecule has 1 saturated carbocycles. The normalized spacial score (nSPS) is 23.2. The van der Waals surface area contributed by atoms with Crippen molar-refractivity contribution in [2.24, 2.45) is 5.92 Å². The summed E-state index contributed by atoms with van der Waals surface area (Å²) in [7, 11) is 0. The number of hydrogen-bond donors (Lipinski definition) is 1. The summed E-state index contributed by atoms with van der Waals surface area (Å²) < 4.78 is 5.92. The maximum atomic E-state index is 12.5. The molecule has 3 aliphatic rings. The van der Waals surface area contributed by atoms with Crippen LogP contribution in [0, 0.1) is 5.92 Å². The standard InChI is InChI=1S/C20H27N3O2/c24-20(23-12-9-18(14-23)22-10-3-4-11-22)21-13-17-5-1-2-6-19(17)25-15-16-7-8-16/h1-6,16,18H,7-15H2,(H,21,24). The van der Waals surface area contributed by atoms with E-state index in [0.29, 0.717) is 12.6 Å². The molecule has 1 saturated heterocycles. The Morgan fingerprint density at radius 3 is 2.76 bits per heavy atom. The number of benzene rings is 1. The largest absolute Gasteiger partial charge is 0.493 e. The minimum Gasteiger partial charge on any atom is -0.493 e. The first-order valence-electron chi connectivity index (χ1n) is 9.42. The topological polar surface area (TPSA) is 44.8 Å². The van der Waals surface area contributed by atoms with Gasteiger partial charge >= 0.3 is 6.03 Å². The lowest BCUT2D eigenvalue weighted by molar-refractivity contribution is 0.199. The summed E-state index contributed by atoms with van der Waals surface area (Å²) in [5.74, 6) is 1.63. The van der Waals surface area contributed by atoms with Crippen molar-refractivity contribution in [2.45, 2.75) is 31.8 Å². The van der Waals surface area contributed by atoms with Gasteiger partial charge in [0.25, 0.3) is 0 Å². The number of para-hydroxylation sites is 1. The van der Waals surface area contributed by atoms with Gasteiger partial charge in [-0.25, -0.2) is 4.79 Å². The van der Waals surface area contributed by atoms with E-state index in [2.05, 4.69) is 22.4 Å². The van der Waals surface area contributed by atoms with Crippen LogP contribution in [-0.4, -0.2) is 54.7 Å². The zero-order valence-electron chi connectivity index (χ0n) is 14.7. The van der Waals surface area contributed by atoms with Crippen LogP contribution in [0.1, 0.15) is 24.8 Å². The van der Waals surface area contributed by atoms with Crippen LogP contribution in [0.4, 0.5) is 4.79 Å². The summed E-state index contributed by atoms with van der Waals surface area (Å²) >= 11 is 0. The van der Waals surface area contributed by atoms with E-state index in [0.717, 1.165) is 56.4 Å². The molecule has 0 bridgehead atoms. The number of hydrogen-bond acceptors (Lipinski definition) is 3. The SMILES string of the molecule is O=C(NCc1ccccc1OCC1CC1)N1CCC(N2CC=CC2)C1. The van der Waals surface area contributed by atoms with Gasteiger partial charge in [0.15, 0.2) is 0 Å². The van der Waals surface area contributed by atoms with Crippen molar-refractivity contribution in [3.8, 4) is 5.75 Å². The van der Waals surface area contributed by atoms with Crippen LogP contribution >= 0.6 is 0 Å². The number of amides is 2. The minimum atomic E-state index is 0.0339. The maximum Gasteiger partial charge on any atom is 0.317 e. The Morgan fingerprint density at radius 2 is 1.96 bits per heavy atom. The fourth-order valence-electron chi connectivity index (χ4n) is 3.58. The van der Waals surface area contributed by atoms with Gasteiger partial charge in [-0.15, -0.1) is 0 Å². The second kappa shape index (κ2) is 7.48. The van der Waals surface area contributed by atoms with Gasteiger partial charge in [-0.3, -0.25) is 4.90 Å². The number of carbonyl (C=O) groups is 1. The molecule has 2 aliphatic heterocycles. The van der Waals surface area contributed by atoms with Gasteiger partial charge in [-0.1, -0.05) is 30.4 Å². The summed E-state index contributed by atoms with van der Waals surface area (Å²) in [6, 6.07) is 8.54. The highest BCUT2D eigenvalue weighted by molar-refractivity contribution is 5.74. The Balaban J connectivity index is 1.27. The lowest BCUT2D eigenvalue weighted by Gasteiger charge is -2.24. The molecule has 1 aromatic rings. The van der Waals surface area contributed by atoms with Crippen LogP contribution < -0.4 is 10.1 Å². The molecule has 25 heavy (non-hydrogen) atoms. The Hall–Kier alpha value is -2.01. The number of nitrogens with one attached hydrogen (secondary N) is 1. The van der Waals surface area contributed by atoms with Crippen LogP contribution in [0.3, 0.4) is 0 Å². The second-order valence-electron chi connectivity index (χ2n) is 7.33. The lowest BCUT2D eigenvalue weighted by atomic mass is 10.2. The highest BCUT2D eigenvalue weighted by Gasteiger charge is 2.30. The Labute approximate surface area is 149 Å². The lowest BCUT2D eigenvalue weighted by Crippen LogP contribution is -2.41. The third-order valence-electron chi connectivity index (χ3n) is 5.39. The molecule has 1 aliphatic carbocycles. The van der Waals surface area contributed by atoms with Gasteiger partial charge < -0.3 is 15.0 Å². The number of ether oxygens (including phenoxy) is 1. The molecule has 1 unspecified atom stereocenters. The zero-order chi connectivity index (χ0) is 17.1. The molecule has 0 aromatic heterocycles. The number of nitrogens with zero attached hydrogens (tertiary/aromatic N) is 2. The number of rotatable bonds is 6. The Morgan fingerprint density at radius 1 is 1.16 bits per heavy atom. The summed E-state index contributed by atoms with van der Waals surface area (Å²) in [4.78, 5) is 16.9. The van der Waals surface area contributed by atoms with Gasteiger partial charge in [0, 0.05) is 44.3 Å². The van der Waals surface area contributed by atoms with Gasteiger partial charge in [0.2, 0.25) is 0 Å². The first-order chi connectivity index (χ1) is 12.3. The number of urea groups is 1. The van der Waals surface area contributed by atoms with Crippen molar-refractivity contribution >= 4 is 6.03 Å². The highest BCUT2D eigenvalue weighted by Crippen LogP contribution is 2.30. The molecule has 134 valence electrons. The van der Waals surface area contributed by atoms with Crippen molar-refractivity contribution in [1.82, 2.24) is 15.1 Å². The van der Waals surface area contributed by atoms with Crippen molar-refractivity contribution < 1.29 is 9.53 Å². The van der Waals surface area contributed by atoms with Gasteiger partial charge in [0.1, 0.15) is 5.75 Å². The highest BCUT2D eigenvalue weighted by atomic mass is 16.5. The third-order valence-corrected chi connectivity index (χ3v) is 5.39. The van der Waals surface area contributed by atoms with E-state index in [1.807, 2.05) is 29.2 Å². The van der Waals surface area contributed by atoms with Crippen LogP contribution in [0.5, 0.6) is 5.75 Å². The molecular weight excluding hydrogens is 314 g/mol. The predicted molar refractivity (Wildman–Crippen MR) is 97.6 cm³/mol. The van der Waals surface area contributed by atoms with Crippen molar-refractivity contribution in [1.29, 1.82) is 0 Å². The van der Waals surface area contributed by atoms with Gasteiger partial charge in [-0.05, 0) is 31.2 Å². The molecule has 5 heteroatoms. The molecular formula is C20H27N3O2. The van der Waals surface area contributed by atoms with E-state index in [1.54, 1.807) is 0 Å². The minimum absolute atomic E-state index is 0.0339. The van der Waals surface area contributed by atoms with Crippen LogP contribution in [-0.2, 0) is 6.54 Å².